The molecule has 0 radical (unpaired) electrons. The molecule has 0 bridgehead atoms. The van der Waals surface area contributed by atoms with Crippen LogP contribution in [-0.2, 0) is 19.1 Å². The zero-order valence-electron chi connectivity index (χ0n) is 23.3. The van der Waals surface area contributed by atoms with Crippen molar-refractivity contribution < 1.29 is 24.2 Å². The van der Waals surface area contributed by atoms with E-state index in [9.17, 15) is 14.7 Å². The summed E-state index contributed by atoms with van der Waals surface area (Å²) < 4.78 is 10.3. The molecule has 0 fully saturated rings. The molecular formula is C31H54O5. The van der Waals surface area contributed by atoms with Gasteiger partial charge in [-0.2, -0.15) is 0 Å². The quantitative estimate of drug-likeness (QED) is 0.0768. The van der Waals surface area contributed by atoms with Crippen LogP contribution in [0.2, 0.25) is 0 Å². The van der Waals surface area contributed by atoms with Gasteiger partial charge in [-0.25, -0.2) is 0 Å². The van der Waals surface area contributed by atoms with Gasteiger partial charge in [-0.15, -0.1) is 0 Å². The molecule has 0 rings (SSSR count). The fourth-order valence-electron chi connectivity index (χ4n) is 3.67. The van der Waals surface area contributed by atoms with E-state index >= 15 is 0 Å². The number of unbranched alkanes of at least 4 members (excludes halogenated alkanes) is 11. The Hall–Kier alpha value is -1.88. The second kappa shape index (κ2) is 27.7. The van der Waals surface area contributed by atoms with Crippen LogP contribution in [0.4, 0.5) is 0 Å². The maximum Gasteiger partial charge on any atom is 0.306 e. The van der Waals surface area contributed by atoms with Crippen LogP contribution < -0.4 is 0 Å². The first-order valence-electron chi connectivity index (χ1n) is 14.5. The minimum atomic E-state index is -0.770. The first-order chi connectivity index (χ1) is 17.6. The Morgan fingerprint density at radius 1 is 0.639 bits per heavy atom. The van der Waals surface area contributed by atoms with Gasteiger partial charge in [0.1, 0.15) is 6.61 Å². The van der Waals surface area contributed by atoms with Crippen LogP contribution in [0.5, 0.6) is 0 Å². The molecule has 1 atom stereocenters. The summed E-state index contributed by atoms with van der Waals surface area (Å²) in [5.74, 6) is -0.639. The van der Waals surface area contributed by atoms with Crippen LogP contribution in [0, 0.1) is 0 Å². The number of carbonyl (C=O) groups excluding carboxylic acids is 2. The third-order valence-corrected chi connectivity index (χ3v) is 5.94. The van der Waals surface area contributed by atoms with Crippen molar-refractivity contribution >= 4 is 11.9 Å². The molecule has 0 saturated carbocycles. The Labute approximate surface area is 221 Å². The first kappa shape index (κ1) is 34.1. The molecule has 36 heavy (non-hydrogen) atoms. The molecular weight excluding hydrogens is 452 g/mol. The van der Waals surface area contributed by atoms with E-state index in [2.05, 4.69) is 50.3 Å². The molecule has 1 unspecified atom stereocenters. The topological polar surface area (TPSA) is 72.8 Å². The Morgan fingerprint density at radius 3 is 1.72 bits per heavy atom. The number of carbonyl (C=O) groups is 2. The van der Waals surface area contributed by atoms with Crippen LogP contribution in [0.25, 0.3) is 0 Å². The number of hydrogen-bond acceptors (Lipinski definition) is 5. The number of allylic oxidation sites excluding steroid dienone is 6. The van der Waals surface area contributed by atoms with Crippen molar-refractivity contribution in [3.63, 3.8) is 0 Å². The van der Waals surface area contributed by atoms with E-state index in [1.54, 1.807) is 0 Å². The zero-order chi connectivity index (χ0) is 26.5. The Balaban J connectivity index is 3.58. The van der Waals surface area contributed by atoms with Crippen molar-refractivity contribution in [3.8, 4) is 0 Å². The van der Waals surface area contributed by atoms with Crippen molar-refractivity contribution in [2.45, 2.75) is 136 Å². The third-order valence-electron chi connectivity index (χ3n) is 5.94. The molecule has 0 aliphatic rings. The molecule has 0 heterocycles. The predicted molar refractivity (Wildman–Crippen MR) is 150 cm³/mol. The average molecular weight is 507 g/mol. The van der Waals surface area contributed by atoms with Gasteiger partial charge in [-0.05, 0) is 51.4 Å². The molecule has 0 saturated heterocycles. The summed E-state index contributed by atoms with van der Waals surface area (Å²) in [6, 6.07) is 0. The lowest BCUT2D eigenvalue weighted by Gasteiger charge is -2.15. The van der Waals surface area contributed by atoms with Crippen molar-refractivity contribution in [1.82, 2.24) is 0 Å². The second-order valence-corrected chi connectivity index (χ2v) is 9.48. The number of aliphatic hydroxyl groups excluding tert-OH is 1. The summed E-state index contributed by atoms with van der Waals surface area (Å²) in [7, 11) is 0. The average Bonchev–Trinajstić information content (AvgIpc) is 2.88. The summed E-state index contributed by atoms with van der Waals surface area (Å²) in [5, 5.41) is 9.36. The van der Waals surface area contributed by atoms with E-state index in [0.29, 0.717) is 12.8 Å². The van der Waals surface area contributed by atoms with Crippen LogP contribution in [-0.4, -0.2) is 36.4 Å². The molecule has 5 nitrogen and oxygen atoms in total. The van der Waals surface area contributed by atoms with Gasteiger partial charge < -0.3 is 14.6 Å². The lowest BCUT2D eigenvalue weighted by atomic mass is 10.1. The number of ether oxygens (including phenoxy) is 2. The fraction of sp³-hybridized carbons (Fsp3) is 0.742. The number of aliphatic hydroxyl groups is 1. The maximum atomic E-state index is 12.0. The highest BCUT2D eigenvalue weighted by Crippen LogP contribution is 2.10. The Bertz CT molecular complexity index is 594. The summed E-state index contributed by atoms with van der Waals surface area (Å²) in [4.78, 5) is 23.6. The Kier molecular flexibility index (Phi) is 26.3. The Morgan fingerprint density at radius 2 is 1.11 bits per heavy atom. The molecule has 208 valence electrons. The van der Waals surface area contributed by atoms with Crippen molar-refractivity contribution in [2.24, 2.45) is 0 Å². The smallest absolute Gasteiger partial charge is 0.306 e. The van der Waals surface area contributed by atoms with Gasteiger partial charge in [0.05, 0.1) is 6.61 Å². The number of esters is 2. The normalized spacial score (nSPS) is 12.6. The third kappa shape index (κ3) is 25.2. The molecule has 5 heteroatoms. The summed E-state index contributed by atoms with van der Waals surface area (Å²) in [6.45, 7) is 3.90. The summed E-state index contributed by atoms with van der Waals surface area (Å²) >= 11 is 0. The van der Waals surface area contributed by atoms with E-state index in [0.717, 1.165) is 57.8 Å². The first-order valence-corrected chi connectivity index (χ1v) is 14.5. The van der Waals surface area contributed by atoms with Gasteiger partial charge in [-0.1, -0.05) is 102 Å². The second-order valence-electron chi connectivity index (χ2n) is 9.48. The molecule has 0 aromatic heterocycles. The lowest BCUT2D eigenvalue weighted by Crippen LogP contribution is -2.28. The van der Waals surface area contributed by atoms with Crippen LogP contribution >= 0.6 is 0 Å². The lowest BCUT2D eigenvalue weighted by molar-refractivity contribution is -0.161. The van der Waals surface area contributed by atoms with E-state index in [1.165, 1.54) is 44.9 Å². The van der Waals surface area contributed by atoms with Crippen LogP contribution in [0.3, 0.4) is 0 Å². The highest BCUT2D eigenvalue weighted by molar-refractivity contribution is 5.70. The van der Waals surface area contributed by atoms with E-state index in [-0.39, 0.29) is 25.2 Å². The largest absolute Gasteiger partial charge is 0.462 e. The monoisotopic (exact) mass is 506 g/mol. The molecule has 0 aliphatic carbocycles. The number of hydrogen-bond donors (Lipinski definition) is 1. The molecule has 0 aromatic carbocycles. The van der Waals surface area contributed by atoms with Gasteiger partial charge >= 0.3 is 11.9 Å². The summed E-state index contributed by atoms with van der Waals surface area (Å²) in [5.41, 5.74) is 0. The minimum absolute atomic E-state index is 0.0749. The van der Waals surface area contributed by atoms with Gasteiger partial charge in [0.15, 0.2) is 6.10 Å². The van der Waals surface area contributed by atoms with E-state index in [4.69, 9.17) is 9.47 Å². The highest BCUT2D eigenvalue weighted by Gasteiger charge is 2.15. The summed E-state index contributed by atoms with van der Waals surface area (Å²) in [6.07, 6.45) is 31.1. The minimum Gasteiger partial charge on any atom is -0.462 e. The standard InChI is InChI=1S/C31H54O5/c1-3-5-7-8-9-10-11-12-13-14-15-16-17-18-19-20-21-22-24-26-31(34)36-29(27-32)28-35-30(33)25-23-6-4-2/h9-10,12-13,15-16,29,32H,3-8,11,14,17-28H2,1-2H3/b10-9-,13-12-,16-15-. The number of rotatable bonds is 25. The van der Waals surface area contributed by atoms with Gasteiger partial charge in [0, 0.05) is 12.8 Å². The van der Waals surface area contributed by atoms with Gasteiger partial charge in [-0.3, -0.25) is 9.59 Å². The molecule has 1 N–H and O–H groups in total. The van der Waals surface area contributed by atoms with Crippen LogP contribution in [0.1, 0.15) is 129 Å². The van der Waals surface area contributed by atoms with Crippen molar-refractivity contribution in [1.29, 1.82) is 0 Å². The molecule has 0 amide bonds. The van der Waals surface area contributed by atoms with E-state index < -0.39 is 6.10 Å². The highest BCUT2D eigenvalue weighted by atomic mass is 16.6. The van der Waals surface area contributed by atoms with Gasteiger partial charge in [0.25, 0.3) is 0 Å². The predicted octanol–water partition coefficient (Wildman–Crippen LogP) is 8.16. The maximum absolute atomic E-state index is 12.0. The molecule has 0 spiro atoms. The molecule has 0 aliphatic heterocycles. The van der Waals surface area contributed by atoms with Crippen molar-refractivity contribution in [2.75, 3.05) is 13.2 Å². The van der Waals surface area contributed by atoms with Crippen molar-refractivity contribution in [3.05, 3.63) is 36.5 Å². The van der Waals surface area contributed by atoms with E-state index in [1.807, 2.05) is 0 Å². The van der Waals surface area contributed by atoms with Gasteiger partial charge in [0.2, 0.25) is 0 Å². The fourth-order valence-corrected chi connectivity index (χ4v) is 3.67. The van der Waals surface area contributed by atoms with Crippen LogP contribution in [0.15, 0.2) is 36.5 Å². The SMILES string of the molecule is CCCCC/C=C\C/C=C\C/C=C\CCCCCCCCC(=O)OC(CO)COC(=O)CCCCC. The zero-order valence-corrected chi connectivity index (χ0v) is 23.3. The molecule has 0 aromatic rings.